The van der Waals surface area contributed by atoms with Crippen molar-refractivity contribution < 1.29 is 14.3 Å². The van der Waals surface area contributed by atoms with Crippen LogP contribution in [0.5, 0.6) is 5.75 Å². The van der Waals surface area contributed by atoms with Crippen LogP contribution in [0.25, 0.3) is 5.65 Å². The van der Waals surface area contributed by atoms with Gasteiger partial charge in [-0.05, 0) is 48.0 Å². The number of aromatic nitrogens is 3. The van der Waals surface area contributed by atoms with Gasteiger partial charge in [0, 0.05) is 12.1 Å². The van der Waals surface area contributed by atoms with Crippen LogP contribution in [0.3, 0.4) is 0 Å². The Labute approximate surface area is 159 Å². The number of anilines is 2. The van der Waals surface area contributed by atoms with E-state index in [0.717, 1.165) is 5.56 Å². The molecule has 0 saturated carbocycles. The molecule has 0 saturated heterocycles. The van der Waals surface area contributed by atoms with Gasteiger partial charge in [-0.25, -0.2) is 9.37 Å². The Morgan fingerprint density at radius 1 is 1.11 bits per heavy atom. The molecular weight excluding hydrogens is 361 g/mol. The molecule has 4 rings (SSSR count). The predicted octanol–water partition coefficient (Wildman–Crippen LogP) is 3.44. The highest BCUT2D eigenvalue weighted by molar-refractivity contribution is 6.04. The van der Waals surface area contributed by atoms with Crippen LogP contribution in [-0.4, -0.2) is 25.6 Å². The van der Waals surface area contributed by atoms with E-state index in [1.54, 1.807) is 36.4 Å². The van der Waals surface area contributed by atoms with Crippen molar-refractivity contribution in [2.45, 2.75) is 6.54 Å². The number of aromatic hydroxyl groups is 1. The standard InChI is InChI=1S/C20H16FN5O2/c21-15-6-4-13(5-7-15)11-22-17-8-9-18-23-12-19(26(18)25-17)24-20(28)14-2-1-3-16(27)10-14/h1-10,12,27H,11H2,(H,22,25)(H,24,28). The van der Waals surface area contributed by atoms with Crippen molar-refractivity contribution in [2.75, 3.05) is 10.6 Å². The Morgan fingerprint density at radius 3 is 2.71 bits per heavy atom. The first-order chi connectivity index (χ1) is 13.6. The zero-order valence-corrected chi connectivity index (χ0v) is 14.6. The van der Waals surface area contributed by atoms with E-state index in [1.807, 2.05) is 0 Å². The molecule has 1 amide bonds. The van der Waals surface area contributed by atoms with Gasteiger partial charge in [-0.3, -0.25) is 4.79 Å². The number of imidazole rings is 1. The molecule has 0 aliphatic heterocycles. The topological polar surface area (TPSA) is 91.5 Å². The van der Waals surface area contributed by atoms with Gasteiger partial charge < -0.3 is 15.7 Å². The number of hydrogen-bond donors (Lipinski definition) is 3. The number of carbonyl (C=O) groups excluding carboxylic acids is 1. The predicted molar refractivity (Wildman–Crippen MR) is 103 cm³/mol. The van der Waals surface area contributed by atoms with Gasteiger partial charge in [-0.2, -0.15) is 4.52 Å². The number of phenolic OH excluding ortho intramolecular Hbond substituents is 1. The van der Waals surface area contributed by atoms with Crippen LogP contribution in [0, 0.1) is 5.82 Å². The average Bonchev–Trinajstić information content (AvgIpc) is 3.09. The molecule has 0 aliphatic carbocycles. The van der Waals surface area contributed by atoms with Crippen molar-refractivity contribution in [2.24, 2.45) is 0 Å². The molecule has 2 aromatic carbocycles. The minimum Gasteiger partial charge on any atom is -0.508 e. The average molecular weight is 377 g/mol. The highest BCUT2D eigenvalue weighted by atomic mass is 19.1. The molecule has 8 heteroatoms. The summed E-state index contributed by atoms with van der Waals surface area (Å²) >= 11 is 0. The smallest absolute Gasteiger partial charge is 0.256 e. The van der Waals surface area contributed by atoms with Crippen LogP contribution in [-0.2, 0) is 6.54 Å². The molecule has 0 bridgehead atoms. The summed E-state index contributed by atoms with van der Waals surface area (Å²) in [5.74, 6) is 0.311. The lowest BCUT2D eigenvalue weighted by Crippen LogP contribution is -2.14. The van der Waals surface area contributed by atoms with Crippen LogP contribution in [0.4, 0.5) is 16.0 Å². The quantitative estimate of drug-likeness (QED) is 0.496. The molecule has 4 aromatic rings. The maximum absolute atomic E-state index is 13.0. The molecule has 28 heavy (non-hydrogen) atoms. The number of carbonyl (C=O) groups is 1. The summed E-state index contributed by atoms with van der Waals surface area (Å²) in [5.41, 5.74) is 1.80. The van der Waals surface area contributed by atoms with Crippen molar-refractivity contribution in [3.63, 3.8) is 0 Å². The maximum Gasteiger partial charge on any atom is 0.256 e. The van der Waals surface area contributed by atoms with E-state index in [1.165, 1.54) is 35.0 Å². The fourth-order valence-electron chi connectivity index (χ4n) is 2.68. The zero-order chi connectivity index (χ0) is 19.5. The number of amides is 1. The number of nitrogens with one attached hydrogen (secondary N) is 2. The molecule has 0 radical (unpaired) electrons. The lowest BCUT2D eigenvalue weighted by atomic mass is 10.2. The molecule has 140 valence electrons. The highest BCUT2D eigenvalue weighted by Crippen LogP contribution is 2.16. The van der Waals surface area contributed by atoms with Crippen molar-refractivity contribution in [1.29, 1.82) is 0 Å². The lowest BCUT2D eigenvalue weighted by Gasteiger charge is -2.08. The number of benzene rings is 2. The Balaban J connectivity index is 1.52. The Bertz CT molecular complexity index is 1140. The highest BCUT2D eigenvalue weighted by Gasteiger charge is 2.11. The van der Waals surface area contributed by atoms with Crippen LogP contribution in [0.1, 0.15) is 15.9 Å². The second-order valence-corrected chi connectivity index (χ2v) is 6.12. The van der Waals surface area contributed by atoms with E-state index in [9.17, 15) is 14.3 Å². The van der Waals surface area contributed by atoms with Gasteiger partial charge in [0.25, 0.3) is 5.91 Å². The Hall–Kier alpha value is -3.94. The molecule has 0 unspecified atom stereocenters. The molecular formula is C20H16FN5O2. The number of fused-ring (bicyclic) bond motifs is 1. The summed E-state index contributed by atoms with van der Waals surface area (Å²) in [6.45, 7) is 0.471. The first-order valence-corrected chi connectivity index (χ1v) is 8.52. The van der Waals surface area contributed by atoms with Crippen LogP contribution in [0.15, 0.2) is 66.9 Å². The second kappa shape index (κ2) is 7.36. The molecule has 0 fully saturated rings. The molecule has 0 atom stereocenters. The molecule has 2 aromatic heterocycles. The summed E-state index contributed by atoms with van der Waals surface area (Å²) in [6.07, 6.45) is 1.51. The summed E-state index contributed by atoms with van der Waals surface area (Å²) in [7, 11) is 0. The van der Waals surface area contributed by atoms with Gasteiger partial charge in [0.1, 0.15) is 17.4 Å². The van der Waals surface area contributed by atoms with Crippen LogP contribution < -0.4 is 10.6 Å². The Morgan fingerprint density at radius 2 is 1.93 bits per heavy atom. The monoisotopic (exact) mass is 377 g/mol. The third kappa shape index (κ3) is 3.75. The fraction of sp³-hybridized carbons (Fsp3) is 0.0500. The summed E-state index contributed by atoms with van der Waals surface area (Å²) in [5, 5.41) is 19.9. The van der Waals surface area contributed by atoms with E-state index >= 15 is 0 Å². The molecule has 0 aliphatic rings. The molecule has 2 heterocycles. The van der Waals surface area contributed by atoms with E-state index in [-0.39, 0.29) is 17.5 Å². The fourth-order valence-corrected chi connectivity index (χ4v) is 2.68. The van der Waals surface area contributed by atoms with Crippen molar-refractivity contribution in [1.82, 2.24) is 14.6 Å². The van der Waals surface area contributed by atoms with E-state index < -0.39 is 0 Å². The van der Waals surface area contributed by atoms with E-state index in [0.29, 0.717) is 29.4 Å². The second-order valence-electron chi connectivity index (χ2n) is 6.12. The van der Waals surface area contributed by atoms with Gasteiger partial charge >= 0.3 is 0 Å². The molecule has 7 nitrogen and oxygen atoms in total. The summed E-state index contributed by atoms with van der Waals surface area (Å²) in [6, 6.07) is 15.8. The van der Waals surface area contributed by atoms with Gasteiger partial charge in [-0.15, -0.1) is 5.10 Å². The lowest BCUT2D eigenvalue weighted by molar-refractivity contribution is 0.102. The van der Waals surface area contributed by atoms with Gasteiger partial charge in [0.05, 0.1) is 6.20 Å². The van der Waals surface area contributed by atoms with Crippen molar-refractivity contribution in [3.05, 3.63) is 83.8 Å². The normalized spacial score (nSPS) is 10.8. The van der Waals surface area contributed by atoms with Crippen molar-refractivity contribution in [3.8, 4) is 5.75 Å². The molecule has 0 spiro atoms. The number of hydrogen-bond acceptors (Lipinski definition) is 5. The van der Waals surface area contributed by atoms with Gasteiger partial charge in [-0.1, -0.05) is 18.2 Å². The Kier molecular flexibility index (Phi) is 4.59. The third-order valence-corrected chi connectivity index (χ3v) is 4.10. The largest absolute Gasteiger partial charge is 0.508 e. The zero-order valence-electron chi connectivity index (χ0n) is 14.6. The van der Waals surface area contributed by atoms with Crippen LogP contribution in [0.2, 0.25) is 0 Å². The number of nitrogens with zero attached hydrogens (tertiary/aromatic N) is 3. The number of rotatable bonds is 5. The molecule has 3 N–H and O–H groups in total. The SMILES string of the molecule is O=C(Nc1cnc2ccc(NCc3ccc(F)cc3)nn12)c1cccc(O)c1. The first-order valence-electron chi connectivity index (χ1n) is 8.52. The summed E-state index contributed by atoms with van der Waals surface area (Å²) in [4.78, 5) is 16.6. The van der Waals surface area contributed by atoms with Gasteiger partial charge in [0.2, 0.25) is 0 Å². The third-order valence-electron chi connectivity index (χ3n) is 4.10. The van der Waals surface area contributed by atoms with Crippen molar-refractivity contribution >= 4 is 23.2 Å². The van der Waals surface area contributed by atoms with E-state index in [4.69, 9.17) is 0 Å². The maximum atomic E-state index is 13.0. The van der Waals surface area contributed by atoms with E-state index in [2.05, 4.69) is 20.7 Å². The van der Waals surface area contributed by atoms with Crippen LogP contribution >= 0.6 is 0 Å². The number of halogens is 1. The number of phenols is 1. The summed E-state index contributed by atoms with van der Waals surface area (Å²) < 4.78 is 14.5. The minimum absolute atomic E-state index is 0.0104. The first kappa shape index (κ1) is 17.5. The van der Waals surface area contributed by atoms with Gasteiger partial charge in [0.15, 0.2) is 11.5 Å². The minimum atomic E-state index is -0.385.